The van der Waals surface area contributed by atoms with Gasteiger partial charge in [0.2, 0.25) is 5.91 Å². The summed E-state index contributed by atoms with van der Waals surface area (Å²) in [5.41, 5.74) is -0.437. The molecular weight excluding hydrogens is 328 g/mol. The van der Waals surface area contributed by atoms with Crippen LogP contribution in [0.5, 0.6) is 0 Å². The molecule has 2 aliphatic carbocycles. The van der Waals surface area contributed by atoms with Gasteiger partial charge in [0.15, 0.2) is 0 Å². The fraction of sp³-hybridized carbons (Fsp3) is 0.905. The maximum absolute atomic E-state index is 12.6. The molecule has 0 aromatic heterocycles. The molecule has 0 aromatic rings. The number of carbonyl (C=O) groups excluding carboxylic acids is 2. The van der Waals surface area contributed by atoms with E-state index in [0.717, 1.165) is 38.9 Å². The van der Waals surface area contributed by atoms with Gasteiger partial charge < -0.3 is 15.0 Å². The number of likely N-dealkylation sites (tertiary alicyclic amines) is 1. The van der Waals surface area contributed by atoms with Gasteiger partial charge in [0.05, 0.1) is 5.92 Å². The lowest BCUT2D eigenvalue weighted by Gasteiger charge is -2.21. The van der Waals surface area contributed by atoms with Crippen molar-refractivity contribution >= 4 is 11.9 Å². The van der Waals surface area contributed by atoms with E-state index in [4.69, 9.17) is 4.74 Å². The van der Waals surface area contributed by atoms with Gasteiger partial charge in [-0.1, -0.05) is 26.7 Å². The summed E-state index contributed by atoms with van der Waals surface area (Å²) in [5, 5.41) is 3.62. The number of amides is 1. The molecule has 0 unspecified atom stereocenters. The van der Waals surface area contributed by atoms with E-state index in [-0.39, 0.29) is 23.2 Å². The molecule has 26 heavy (non-hydrogen) atoms. The highest BCUT2D eigenvalue weighted by Gasteiger charge is 2.62. The summed E-state index contributed by atoms with van der Waals surface area (Å²) >= 11 is 0. The normalized spacial score (nSPS) is 31.3. The number of esters is 1. The molecule has 1 saturated heterocycles. The molecular formula is C21H36N2O3. The number of hydrogen-bond donors (Lipinski definition) is 1. The van der Waals surface area contributed by atoms with Gasteiger partial charge in [-0.25, -0.2) is 0 Å². The van der Waals surface area contributed by atoms with E-state index in [0.29, 0.717) is 17.9 Å². The molecule has 2 saturated carbocycles. The zero-order valence-corrected chi connectivity index (χ0v) is 17.1. The fourth-order valence-corrected chi connectivity index (χ4v) is 4.81. The Morgan fingerprint density at radius 3 is 2.42 bits per heavy atom. The number of ether oxygens (including phenoxy) is 1. The molecule has 0 aromatic carbocycles. The second-order valence-electron chi connectivity index (χ2n) is 10.1. The summed E-state index contributed by atoms with van der Waals surface area (Å²) in [6, 6.07) is 0.357. The minimum Gasteiger partial charge on any atom is -0.460 e. The van der Waals surface area contributed by atoms with Crippen molar-refractivity contribution in [2.24, 2.45) is 23.2 Å². The highest BCUT2D eigenvalue weighted by atomic mass is 16.6. The first-order valence-corrected chi connectivity index (χ1v) is 10.3. The predicted molar refractivity (Wildman–Crippen MR) is 102 cm³/mol. The van der Waals surface area contributed by atoms with Gasteiger partial charge in [-0.05, 0) is 57.9 Å². The Morgan fingerprint density at radius 1 is 1.15 bits per heavy atom. The van der Waals surface area contributed by atoms with Gasteiger partial charge in [-0.2, -0.15) is 0 Å². The number of nitrogens with zero attached hydrogens (tertiary/aromatic N) is 1. The lowest BCUT2D eigenvalue weighted by molar-refractivity contribution is -0.157. The molecule has 1 N–H and O–H groups in total. The summed E-state index contributed by atoms with van der Waals surface area (Å²) in [7, 11) is 0. The van der Waals surface area contributed by atoms with E-state index < -0.39 is 5.60 Å². The molecule has 3 aliphatic rings. The molecule has 1 amide bonds. The number of carbonyl (C=O) groups is 2. The van der Waals surface area contributed by atoms with E-state index in [2.05, 4.69) is 24.1 Å². The molecule has 1 heterocycles. The summed E-state index contributed by atoms with van der Waals surface area (Å²) < 4.78 is 5.59. The second kappa shape index (κ2) is 7.14. The first-order chi connectivity index (χ1) is 12.1. The van der Waals surface area contributed by atoms with E-state index in [9.17, 15) is 9.59 Å². The van der Waals surface area contributed by atoms with Crippen LogP contribution in [-0.4, -0.2) is 48.1 Å². The third-order valence-electron chi connectivity index (χ3n) is 6.54. The van der Waals surface area contributed by atoms with Crippen LogP contribution >= 0.6 is 0 Å². The average Bonchev–Trinajstić information content (AvgIpc) is 3.02. The minimum atomic E-state index is -0.430. The largest absolute Gasteiger partial charge is 0.460 e. The first kappa shape index (κ1) is 19.7. The zero-order chi connectivity index (χ0) is 19.1. The Balaban J connectivity index is 1.45. The summed E-state index contributed by atoms with van der Waals surface area (Å²) in [4.78, 5) is 27.0. The van der Waals surface area contributed by atoms with Gasteiger partial charge in [0.1, 0.15) is 5.60 Å². The van der Waals surface area contributed by atoms with Crippen LogP contribution in [0.25, 0.3) is 0 Å². The van der Waals surface area contributed by atoms with Gasteiger partial charge >= 0.3 is 5.97 Å². The van der Waals surface area contributed by atoms with Crippen molar-refractivity contribution in [3.63, 3.8) is 0 Å². The van der Waals surface area contributed by atoms with Crippen molar-refractivity contribution in [2.45, 2.75) is 78.4 Å². The Labute approximate surface area is 158 Å². The molecule has 3 fully saturated rings. The Kier molecular flexibility index (Phi) is 5.40. The van der Waals surface area contributed by atoms with Gasteiger partial charge in [0.25, 0.3) is 0 Å². The van der Waals surface area contributed by atoms with Crippen LogP contribution in [0.3, 0.4) is 0 Å². The average molecular weight is 365 g/mol. The maximum Gasteiger partial charge on any atom is 0.310 e. The number of nitrogens with one attached hydrogen (secondary N) is 1. The smallest absolute Gasteiger partial charge is 0.310 e. The Morgan fingerprint density at radius 2 is 1.81 bits per heavy atom. The standard InChI is InChI=1S/C21H36N2O3/c1-20(2,3)26-19(25)17-16(21(17,4)5)12-22-15-10-11-23(13-15)18(24)14-8-6-7-9-14/h14-17,22H,6-13H2,1-5H3/t15-,16-,17+/m1/s1. The van der Waals surface area contributed by atoms with Crippen LogP contribution in [0.4, 0.5) is 0 Å². The monoisotopic (exact) mass is 364 g/mol. The van der Waals surface area contributed by atoms with Crippen LogP contribution in [0, 0.1) is 23.2 Å². The number of rotatable bonds is 5. The summed E-state index contributed by atoms with van der Waals surface area (Å²) in [5.74, 6) is 0.861. The van der Waals surface area contributed by atoms with E-state index >= 15 is 0 Å². The molecule has 0 radical (unpaired) electrons. The molecule has 5 heteroatoms. The molecule has 3 rings (SSSR count). The van der Waals surface area contributed by atoms with Crippen molar-refractivity contribution in [3.05, 3.63) is 0 Å². The fourth-order valence-electron chi connectivity index (χ4n) is 4.81. The zero-order valence-electron chi connectivity index (χ0n) is 17.1. The minimum absolute atomic E-state index is 0.00666. The Hall–Kier alpha value is -1.10. The molecule has 0 spiro atoms. The van der Waals surface area contributed by atoms with Crippen molar-refractivity contribution in [1.82, 2.24) is 10.2 Å². The van der Waals surface area contributed by atoms with Crippen LogP contribution in [0.1, 0.15) is 66.7 Å². The number of hydrogen-bond acceptors (Lipinski definition) is 4. The predicted octanol–water partition coefficient (Wildman–Crippen LogP) is 2.98. The molecule has 1 aliphatic heterocycles. The summed E-state index contributed by atoms with van der Waals surface area (Å²) in [6.45, 7) is 12.6. The molecule has 3 atom stereocenters. The first-order valence-electron chi connectivity index (χ1n) is 10.3. The van der Waals surface area contributed by atoms with Crippen LogP contribution in [0.2, 0.25) is 0 Å². The van der Waals surface area contributed by atoms with E-state index in [1.807, 2.05) is 20.8 Å². The Bertz CT molecular complexity index is 546. The lowest BCUT2D eigenvalue weighted by atomic mass is 10.1. The highest BCUT2D eigenvalue weighted by Crippen LogP contribution is 2.58. The van der Waals surface area contributed by atoms with Gasteiger partial charge in [-0.15, -0.1) is 0 Å². The third kappa shape index (κ3) is 4.24. The quantitative estimate of drug-likeness (QED) is 0.762. The van der Waals surface area contributed by atoms with Gasteiger partial charge in [-0.3, -0.25) is 9.59 Å². The third-order valence-corrected chi connectivity index (χ3v) is 6.54. The van der Waals surface area contributed by atoms with Crippen molar-refractivity contribution in [3.8, 4) is 0 Å². The van der Waals surface area contributed by atoms with Crippen molar-refractivity contribution in [2.75, 3.05) is 19.6 Å². The van der Waals surface area contributed by atoms with E-state index in [1.165, 1.54) is 12.8 Å². The topological polar surface area (TPSA) is 58.6 Å². The summed E-state index contributed by atoms with van der Waals surface area (Å²) in [6.07, 6.45) is 5.56. The van der Waals surface area contributed by atoms with Crippen LogP contribution in [-0.2, 0) is 14.3 Å². The van der Waals surface area contributed by atoms with Gasteiger partial charge in [0, 0.05) is 25.0 Å². The molecule has 5 nitrogen and oxygen atoms in total. The highest BCUT2D eigenvalue weighted by molar-refractivity contribution is 5.79. The van der Waals surface area contributed by atoms with Crippen molar-refractivity contribution < 1.29 is 14.3 Å². The lowest BCUT2D eigenvalue weighted by Crippen LogP contribution is -2.38. The SMILES string of the molecule is CC(C)(C)OC(=O)[C@@H]1[C@@H](CN[C@@H]2CCN(C(=O)C3CCCC3)C2)C1(C)C. The van der Waals surface area contributed by atoms with Crippen LogP contribution in [0.15, 0.2) is 0 Å². The second-order valence-corrected chi connectivity index (χ2v) is 10.1. The van der Waals surface area contributed by atoms with Crippen LogP contribution < -0.4 is 5.32 Å². The van der Waals surface area contributed by atoms with E-state index in [1.54, 1.807) is 0 Å². The maximum atomic E-state index is 12.6. The van der Waals surface area contributed by atoms with Crippen molar-refractivity contribution in [1.29, 1.82) is 0 Å². The molecule has 148 valence electrons. The molecule has 0 bridgehead atoms.